The van der Waals surface area contributed by atoms with Crippen LogP contribution in [0.5, 0.6) is 0 Å². The van der Waals surface area contributed by atoms with Crippen LogP contribution in [0.4, 0.5) is 0 Å². The Labute approximate surface area is 97.9 Å². The van der Waals surface area contributed by atoms with Crippen LogP contribution < -0.4 is 5.32 Å². The van der Waals surface area contributed by atoms with E-state index in [9.17, 15) is 4.79 Å². The van der Waals surface area contributed by atoms with Crippen molar-refractivity contribution in [2.24, 2.45) is 0 Å². The van der Waals surface area contributed by atoms with Crippen molar-refractivity contribution in [1.29, 1.82) is 0 Å². The van der Waals surface area contributed by atoms with Crippen molar-refractivity contribution >= 4 is 5.91 Å². The molecule has 0 aromatic rings. The van der Waals surface area contributed by atoms with Gasteiger partial charge in [0.1, 0.15) is 0 Å². The molecule has 90 valence electrons. The Balaban J connectivity index is 1.79. The van der Waals surface area contributed by atoms with E-state index in [1.165, 1.54) is 12.8 Å². The van der Waals surface area contributed by atoms with E-state index in [0.717, 1.165) is 32.4 Å². The zero-order chi connectivity index (χ0) is 11.4. The van der Waals surface area contributed by atoms with E-state index in [1.54, 1.807) is 0 Å². The first-order valence-corrected chi connectivity index (χ1v) is 6.47. The number of hydrogen-bond acceptors (Lipinski definition) is 2. The zero-order valence-corrected chi connectivity index (χ0v) is 10.1. The van der Waals surface area contributed by atoms with Crippen molar-refractivity contribution < 1.29 is 4.79 Å². The van der Waals surface area contributed by atoms with Gasteiger partial charge in [0.25, 0.3) is 0 Å². The highest BCUT2D eigenvalue weighted by atomic mass is 16.2. The standard InChI is InChI=1S/C13H22N2O/c1-11(13(16)15-9-5-6-10-15)14-12-7-3-2-4-8-12/h2-3,11-12,14H,4-10H2,1H3. The summed E-state index contributed by atoms with van der Waals surface area (Å²) < 4.78 is 0. The van der Waals surface area contributed by atoms with Gasteiger partial charge in [-0.3, -0.25) is 4.79 Å². The van der Waals surface area contributed by atoms with Gasteiger partial charge in [-0.2, -0.15) is 0 Å². The normalized spacial score (nSPS) is 27.1. The molecule has 3 heteroatoms. The average molecular weight is 222 g/mol. The van der Waals surface area contributed by atoms with Crippen LogP contribution in [0.25, 0.3) is 0 Å². The predicted molar refractivity (Wildman–Crippen MR) is 65.2 cm³/mol. The number of carbonyl (C=O) groups is 1. The molecule has 1 aliphatic heterocycles. The molecule has 2 rings (SSSR count). The molecule has 2 aliphatic rings. The SMILES string of the molecule is CC(NC1CC=CCC1)C(=O)N1CCCC1. The molecule has 0 aromatic carbocycles. The molecule has 1 amide bonds. The second-order valence-corrected chi connectivity index (χ2v) is 4.90. The summed E-state index contributed by atoms with van der Waals surface area (Å²) in [4.78, 5) is 14.1. The molecule has 0 radical (unpaired) electrons. The Morgan fingerprint density at radius 1 is 1.38 bits per heavy atom. The van der Waals surface area contributed by atoms with Gasteiger partial charge < -0.3 is 10.2 Å². The number of likely N-dealkylation sites (tertiary alicyclic amines) is 1. The highest BCUT2D eigenvalue weighted by Gasteiger charge is 2.24. The second-order valence-electron chi connectivity index (χ2n) is 4.90. The largest absolute Gasteiger partial charge is 0.341 e. The Morgan fingerprint density at radius 2 is 2.12 bits per heavy atom. The van der Waals surface area contributed by atoms with E-state index in [-0.39, 0.29) is 11.9 Å². The number of hydrogen-bond donors (Lipinski definition) is 1. The summed E-state index contributed by atoms with van der Waals surface area (Å²) in [6.07, 6.45) is 10.2. The van der Waals surface area contributed by atoms with Gasteiger partial charge in [-0.05, 0) is 39.0 Å². The first-order valence-electron chi connectivity index (χ1n) is 6.47. The molecule has 1 aliphatic carbocycles. The third-order valence-corrected chi connectivity index (χ3v) is 3.54. The van der Waals surface area contributed by atoms with E-state index >= 15 is 0 Å². The molecule has 0 spiro atoms. The molecule has 2 atom stereocenters. The summed E-state index contributed by atoms with van der Waals surface area (Å²) in [5.74, 6) is 0.284. The molecule has 0 saturated carbocycles. The lowest BCUT2D eigenvalue weighted by molar-refractivity contribution is -0.132. The van der Waals surface area contributed by atoms with Gasteiger partial charge in [-0.15, -0.1) is 0 Å². The summed E-state index contributed by atoms with van der Waals surface area (Å²) in [6, 6.07) is 0.473. The molecule has 16 heavy (non-hydrogen) atoms. The van der Waals surface area contributed by atoms with Gasteiger partial charge >= 0.3 is 0 Å². The Kier molecular flexibility index (Phi) is 3.99. The minimum atomic E-state index is -0.0189. The molecule has 1 saturated heterocycles. The number of amides is 1. The first-order chi connectivity index (χ1) is 7.77. The van der Waals surface area contributed by atoms with E-state index in [0.29, 0.717) is 6.04 Å². The van der Waals surface area contributed by atoms with E-state index in [4.69, 9.17) is 0 Å². The van der Waals surface area contributed by atoms with Gasteiger partial charge in [0.05, 0.1) is 6.04 Å². The van der Waals surface area contributed by atoms with Crippen molar-refractivity contribution in [3.05, 3.63) is 12.2 Å². The molecule has 1 fully saturated rings. The molecule has 0 aromatic heterocycles. The quantitative estimate of drug-likeness (QED) is 0.737. The summed E-state index contributed by atoms with van der Waals surface area (Å²) in [7, 11) is 0. The number of rotatable bonds is 3. The number of allylic oxidation sites excluding steroid dienone is 1. The van der Waals surface area contributed by atoms with Crippen molar-refractivity contribution in [2.75, 3.05) is 13.1 Å². The minimum Gasteiger partial charge on any atom is -0.341 e. The van der Waals surface area contributed by atoms with Gasteiger partial charge in [0.15, 0.2) is 0 Å². The van der Waals surface area contributed by atoms with Crippen LogP contribution in [0.1, 0.15) is 39.0 Å². The Hall–Kier alpha value is -0.830. The maximum atomic E-state index is 12.1. The lowest BCUT2D eigenvalue weighted by atomic mass is 10.0. The van der Waals surface area contributed by atoms with E-state index < -0.39 is 0 Å². The molecular weight excluding hydrogens is 200 g/mol. The van der Waals surface area contributed by atoms with Gasteiger partial charge in [-0.1, -0.05) is 12.2 Å². The highest BCUT2D eigenvalue weighted by molar-refractivity contribution is 5.81. The monoisotopic (exact) mass is 222 g/mol. The maximum Gasteiger partial charge on any atom is 0.239 e. The van der Waals surface area contributed by atoms with Crippen LogP contribution in [0, 0.1) is 0 Å². The number of carbonyl (C=O) groups excluding carboxylic acids is 1. The van der Waals surface area contributed by atoms with Gasteiger partial charge in [0.2, 0.25) is 5.91 Å². The van der Waals surface area contributed by atoms with Crippen LogP contribution in [0.15, 0.2) is 12.2 Å². The predicted octanol–water partition coefficient (Wildman–Crippen LogP) is 1.70. The number of nitrogens with zero attached hydrogens (tertiary/aromatic N) is 1. The van der Waals surface area contributed by atoms with E-state index in [2.05, 4.69) is 17.5 Å². The topological polar surface area (TPSA) is 32.3 Å². The Morgan fingerprint density at radius 3 is 2.75 bits per heavy atom. The highest BCUT2D eigenvalue weighted by Crippen LogP contribution is 2.13. The third kappa shape index (κ3) is 2.85. The van der Waals surface area contributed by atoms with Crippen molar-refractivity contribution in [3.8, 4) is 0 Å². The second kappa shape index (κ2) is 5.48. The molecule has 2 unspecified atom stereocenters. The van der Waals surface area contributed by atoms with Crippen LogP contribution in [-0.4, -0.2) is 36.0 Å². The average Bonchev–Trinajstić information content (AvgIpc) is 2.83. The summed E-state index contributed by atoms with van der Waals surface area (Å²) in [6.45, 7) is 3.91. The van der Waals surface area contributed by atoms with Gasteiger partial charge in [0, 0.05) is 19.1 Å². The molecular formula is C13H22N2O. The summed E-state index contributed by atoms with van der Waals surface area (Å²) in [5, 5.41) is 3.45. The van der Waals surface area contributed by atoms with Crippen LogP contribution in [-0.2, 0) is 4.79 Å². The fraction of sp³-hybridized carbons (Fsp3) is 0.769. The lowest BCUT2D eigenvalue weighted by Gasteiger charge is -2.26. The maximum absolute atomic E-state index is 12.1. The van der Waals surface area contributed by atoms with Crippen LogP contribution >= 0.6 is 0 Å². The van der Waals surface area contributed by atoms with Crippen molar-refractivity contribution in [3.63, 3.8) is 0 Å². The summed E-state index contributed by atoms with van der Waals surface area (Å²) in [5.41, 5.74) is 0. The molecule has 1 heterocycles. The van der Waals surface area contributed by atoms with Crippen LogP contribution in [0.2, 0.25) is 0 Å². The van der Waals surface area contributed by atoms with Gasteiger partial charge in [-0.25, -0.2) is 0 Å². The summed E-state index contributed by atoms with van der Waals surface area (Å²) >= 11 is 0. The third-order valence-electron chi connectivity index (χ3n) is 3.54. The fourth-order valence-corrected chi connectivity index (χ4v) is 2.58. The minimum absolute atomic E-state index is 0.0189. The van der Waals surface area contributed by atoms with Crippen molar-refractivity contribution in [1.82, 2.24) is 10.2 Å². The molecule has 1 N–H and O–H groups in total. The van der Waals surface area contributed by atoms with Crippen LogP contribution in [0.3, 0.4) is 0 Å². The molecule has 0 bridgehead atoms. The smallest absolute Gasteiger partial charge is 0.239 e. The first kappa shape index (κ1) is 11.6. The molecule has 3 nitrogen and oxygen atoms in total. The number of nitrogens with one attached hydrogen (secondary N) is 1. The zero-order valence-electron chi connectivity index (χ0n) is 10.1. The van der Waals surface area contributed by atoms with Crippen molar-refractivity contribution in [2.45, 2.75) is 51.1 Å². The lowest BCUT2D eigenvalue weighted by Crippen LogP contribution is -2.47. The Bertz CT molecular complexity index is 269. The van der Waals surface area contributed by atoms with E-state index in [1.807, 2.05) is 11.8 Å². The fourth-order valence-electron chi connectivity index (χ4n) is 2.58.